The Kier molecular flexibility index (Phi) is 6.94. The number of hydrogen-bond acceptors (Lipinski definition) is 6. The van der Waals surface area contributed by atoms with Crippen LogP contribution in [0.15, 0.2) is 48.1 Å². The van der Waals surface area contributed by atoms with Crippen molar-refractivity contribution in [3.63, 3.8) is 0 Å². The molecule has 1 spiro atoms. The van der Waals surface area contributed by atoms with Crippen LogP contribution in [0, 0.1) is 5.92 Å². The van der Waals surface area contributed by atoms with Crippen LogP contribution >= 0.6 is 0 Å². The monoisotopic (exact) mass is 483 g/mol. The summed E-state index contributed by atoms with van der Waals surface area (Å²) in [6.07, 6.45) is 8.96. The number of carbonyl (C=O) groups excluding carboxylic acids is 1. The van der Waals surface area contributed by atoms with Crippen molar-refractivity contribution in [1.29, 1.82) is 0 Å². The van der Waals surface area contributed by atoms with Gasteiger partial charge in [-0.1, -0.05) is 24.3 Å². The predicted octanol–water partition coefficient (Wildman–Crippen LogP) is 4.80. The average molecular weight is 484 g/mol. The van der Waals surface area contributed by atoms with E-state index in [2.05, 4.69) is 6.08 Å². The summed E-state index contributed by atoms with van der Waals surface area (Å²) in [5.74, 6) is 0.395. The van der Waals surface area contributed by atoms with E-state index in [4.69, 9.17) is 18.9 Å². The number of methoxy groups -OCH3 is 1. The van der Waals surface area contributed by atoms with Crippen LogP contribution in [0.4, 0.5) is 4.79 Å². The molecular formula is C27H33NO7. The summed E-state index contributed by atoms with van der Waals surface area (Å²) in [6.45, 7) is 6.70. The van der Waals surface area contributed by atoms with E-state index in [1.165, 1.54) is 0 Å². The van der Waals surface area contributed by atoms with Crippen molar-refractivity contribution < 1.29 is 33.6 Å². The minimum absolute atomic E-state index is 0.0335. The van der Waals surface area contributed by atoms with Gasteiger partial charge in [0.25, 0.3) is 0 Å². The van der Waals surface area contributed by atoms with Crippen LogP contribution in [-0.4, -0.2) is 60.3 Å². The van der Waals surface area contributed by atoms with E-state index in [-0.39, 0.29) is 18.8 Å². The molecule has 3 aliphatic rings. The molecule has 1 saturated heterocycles. The van der Waals surface area contributed by atoms with Crippen LogP contribution in [0.1, 0.15) is 45.6 Å². The molecule has 1 aromatic carbocycles. The fourth-order valence-electron chi connectivity index (χ4n) is 4.67. The highest BCUT2D eigenvalue weighted by atomic mass is 16.7. The number of likely N-dealkylation sites (tertiary alicyclic amines) is 1. The third-order valence-corrected chi connectivity index (χ3v) is 6.35. The second kappa shape index (κ2) is 9.77. The van der Waals surface area contributed by atoms with E-state index >= 15 is 0 Å². The first-order valence-corrected chi connectivity index (χ1v) is 11.9. The average Bonchev–Trinajstić information content (AvgIpc) is 2.81. The number of aliphatic carboxylic acids is 1. The molecule has 0 saturated carbocycles. The number of carbonyl (C=O) groups is 2. The SMILES string of the molecule is COCOc1cccc2c1C(C1C=CC(C(=O)O)=CC1)=CC1(CCN(C(=O)OC(C)(C)C)CC1)O2. The van der Waals surface area contributed by atoms with Gasteiger partial charge in [0.05, 0.1) is 11.1 Å². The molecule has 0 bridgehead atoms. The van der Waals surface area contributed by atoms with E-state index in [0.717, 1.165) is 11.1 Å². The number of carboxylic acid groups (broad SMARTS) is 1. The lowest BCUT2D eigenvalue weighted by atomic mass is 9.78. The van der Waals surface area contributed by atoms with Gasteiger partial charge in [-0.15, -0.1) is 0 Å². The van der Waals surface area contributed by atoms with E-state index in [1.807, 2.05) is 45.0 Å². The molecule has 8 heteroatoms. The van der Waals surface area contributed by atoms with Crippen LogP contribution in [0.3, 0.4) is 0 Å². The van der Waals surface area contributed by atoms with Gasteiger partial charge in [0.2, 0.25) is 0 Å². The third kappa shape index (κ3) is 5.53. The molecule has 1 atom stereocenters. The maximum atomic E-state index is 12.6. The summed E-state index contributed by atoms with van der Waals surface area (Å²) in [6, 6.07) is 5.69. The van der Waals surface area contributed by atoms with E-state index in [1.54, 1.807) is 24.2 Å². The van der Waals surface area contributed by atoms with E-state index < -0.39 is 17.2 Å². The zero-order valence-electron chi connectivity index (χ0n) is 20.7. The number of hydrogen-bond donors (Lipinski definition) is 1. The first-order valence-electron chi connectivity index (χ1n) is 11.9. The van der Waals surface area contributed by atoms with Gasteiger partial charge >= 0.3 is 12.1 Å². The van der Waals surface area contributed by atoms with Crippen molar-refractivity contribution in [3.05, 3.63) is 53.6 Å². The fraction of sp³-hybridized carbons (Fsp3) is 0.481. The van der Waals surface area contributed by atoms with Crippen molar-refractivity contribution in [2.24, 2.45) is 5.92 Å². The number of fused-ring (bicyclic) bond motifs is 1. The molecule has 1 amide bonds. The lowest BCUT2D eigenvalue weighted by molar-refractivity contribution is -0.132. The Labute approximate surface area is 205 Å². The minimum Gasteiger partial charge on any atom is -0.482 e. The summed E-state index contributed by atoms with van der Waals surface area (Å²) >= 11 is 0. The summed E-state index contributed by atoms with van der Waals surface area (Å²) in [5, 5.41) is 9.34. The minimum atomic E-state index is -0.934. The van der Waals surface area contributed by atoms with Crippen molar-refractivity contribution in [2.75, 3.05) is 27.0 Å². The maximum absolute atomic E-state index is 12.6. The van der Waals surface area contributed by atoms with Crippen molar-refractivity contribution in [3.8, 4) is 11.5 Å². The zero-order valence-corrected chi connectivity index (χ0v) is 20.7. The largest absolute Gasteiger partial charge is 0.482 e. The molecule has 0 aromatic heterocycles. The van der Waals surface area contributed by atoms with Crippen LogP contribution in [0.25, 0.3) is 5.57 Å². The first-order chi connectivity index (χ1) is 16.6. The molecule has 4 rings (SSSR count). The fourth-order valence-corrected chi connectivity index (χ4v) is 4.67. The molecule has 2 heterocycles. The van der Waals surface area contributed by atoms with E-state index in [0.29, 0.717) is 49.4 Å². The van der Waals surface area contributed by atoms with Gasteiger partial charge in [0.1, 0.15) is 22.7 Å². The Morgan fingerprint density at radius 1 is 1.23 bits per heavy atom. The number of rotatable bonds is 5. The second-order valence-corrected chi connectivity index (χ2v) is 10.1. The standard InChI is InChI=1S/C27H33NO7/c1-26(2,3)35-25(31)28-14-12-27(13-15-28)16-20(18-8-10-19(11-9-18)24(29)30)23-21(33-17-32-4)6-5-7-22(23)34-27/h5-8,10-11,16,18H,9,12-15,17H2,1-4H3,(H,29,30). The molecule has 8 nitrogen and oxygen atoms in total. The summed E-state index contributed by atoms with van der Waals surface area (Å²) < 4.78 is 23.1. The number of carboxylic acids is 1. The lowest BCUT2D eigenvalue weighted by Gasteiger charge is -2.44. The lowest BCUT2D eigenvalue weighted by Crippen LogP contribution is -2.50. The molecule has 1 unspecified atom stereocenters. The maximum Gasteiger partial charge on any atom is 0.410 e. The molecule has 35 heavy (non-hydrogen) atoms. The molecule has 0 radical (unpaired) electrons. The number of allylic oxidation sites excluding steroid dienone is 3. The smallest absolute Gasteiger partial charge is 0.410 e. The number of amides is 1. The summed E-state index contributed by atoms with van der Waals surface area (Å²) in [4.78, 5) is 25.7. The second-order valence-electron chi connectivity index (χ2n) is 10.1. The topological polar surface area (TPSA) is 94.5 Å². The Morgan fingerprint density at radius 2 is 1.97 bits per heavy atom. The van der Waals surface area contributed by atoms with Gasteiger partial charge in [-0.05, 0) is 51.0 Å². The number of benzene rings is 1. The Balaban J connectivity index is 1.64. The molecular weight excluding hydrogens is 450 g/mol. The van der Waals surface area contributed by atoms with Gasteiger partial charge < -0.3 is 29.0 Å². The highest BCUT2D eigenvalue weighted by Crippen LogP contribution is 2.48. The number of piperidine rings is 1. The zero-order chi connectivity index (χ0) is 25.2. The van der Waals surface area contributed by atoms with Gasteiger partial charge in [-0.2, -0.15) is 0 Å². The highest BCUT2D eigenvalue weighted by molar-refractivity contribution is 5.91. The van der Waals surface area contributed by atoms with Crippen molar-refractivity contribution in [2.45, 2.75) is 51.2 Å². The molecule has 1 N–H and O–H groups in total. The van der Waals surface area contributed by atoms with Crippen LogP contribution < -0.4 is 9.47 Å². The van der Waals surface area contributed by atoms with Gasteiger partial charge in [-0.25, -0.2) is 9.59 Å². The number of nitrogens with zero attached hydrogens (tertiary/aromatic N) is 1. The van der Waals surface area contributed by atoms with Crippen LogP contribution in [0.2, 0.25) is 0 Å². The normalized spacial score (nSPS) is 20.9. The summed E-state index contributed by atoms with van der Waals surface area (Å²) in [5.41, 5.74) is 1.05. The predicted molar refractivity (Wildman–Crippen MR) is 130 cm³/mol. The third-order valence-electron chi connectivity index (χ3n) is 6.35. The first kappa shape index (κ1) is 24.9. The van der Waals surface area contributed by atoms with Crippen LogP contribution in [0.5, 0.6) is 11.5 Å². The molecule has 2 aliphatic heterocycles. The van der Waals surface area contributed by atoms with Gasteiger partial charge in [-0.3, -0.25) is 0 Å². The Hall–Kier alpha value is -3.26. The molecule has 188 valence electrons. The van der Waals surface area contributed by atoms with Gasteiger partial charge in [0, 0.05) is 39.0 Å². The van der Waals surface area contributed by atoms with Gasteiger partial charge in [0.15, 0.2) is 6.79 Å². The Morgan fingerprint density at radius 3 is 2.57 bits per heavy atom. The number of ether oxygens (including phenoxy) is 4. The van der Waals surface area contributed by atoms with Crippen molar-refractivity contribution >= 4 is 17.6 Å². The molecule has 1 aliphatic carbocycles. The quantitative estimate of drug-likeness (QED) is 0.601. The van der Waals surface area contributed by atoms with Crippen LogP contribution in [-0.2, 0) is 14.3 Å². The van der Waals surface area contributed by atoms with E-state index in [9.17, 15) is 14.7 Å². The highest BCUT2D eigenvalue weighted by Gasteiger charge is 2.42. The van der Waals surface area contributed by atoms with Crippen molar-refractivity contribution in [1.82, 2.24) is 4.90 Å². The summed E-state index contributed by atoms with van der Waals surface area (Å²) in [7, 11) is 1.57. The molecule has 1 fully saturated rings. The Bertz CT molecular complexity index is 1070. The molecule has 1 aromatic rings.